The molecule has 0 aliphatic rings. The van der Waals surface area contributed by atoms with E-state index in [0.717, 1.165) is 36.7 Å². The number of pyridine rings is 1. The van der Waals surface area contributed by atoms with Crippen LogP contribution in [0, 0.1) is 17.0 Å². The van der Waals surface area contributed by atoms with E-state index in [4.69, 9.17) is 27.5 Å². The molecule has 0 aliphatic heterocycles. The van der Waals surface area contributed by atoms with Crippen LogP contribution in [0.1, 0.15) is 0 Å². The molecule has 2 aromatic heterocycles. The molecule has 0 bridgehead atoms. The van der Waals surface area contributed by atoms with Crippen molar-refractivity contribution in [3.05, 3.63) is 70.8 Å². The normalized spacial score (nSPS) is 11.9. The molecule has 0 unspecified atom stereocenters. The van der Waals surface area contributed by atoms with Crippen LogP contribution in [-0.4, -0.2) is 33.3 Å². The van der Waals surface area contributed by atoms with Gasteiger partial charge in [0.15, 0.2) is 11.6 Å². The summed E-state index contributed by atoms with van der Waals surface area (Å²) >= 11 is 5.88. The van der Waals surface area contributed by atoms with E-state index in [2.05, 4.69) is 20.3 Å². The molecule has 0 spiro atoms. The SMILES string of the molecule is N=C/C(C(=O)Nc1ccc(Oc2ncnc(N)c2Cl)c(F)c1)=C(\Nc1ccc(F)cn1)C(F)(F)F. The summed E-state index contributed by atoms with van der Waals surface area (Å²) in [6.07, 6.45) is -3.27. The van der Waals surface area contributed by atoms with Gasteiger partial charge in [0.1, 0.15) is 34.5 Å². The van der Waals surface area contributed by atoms with Gasteiger partial charge in [-0.25, -0.2) is 18.7 Å². The largest absolute Gasteiger partial charge is 0.434 e. The van der Waals surface area contributed by atoms with Crippen LogP contribution in [0.2, 0.25) is 5.02 Å². The summed E-state index contributed by atoms with van der Waals surface area (Å²) in [5.41, 5.74) is 2.47. The van der Waals surface area contributed by atoms with Crippen molar-refractivity contribution >= 4 is 41.0 Å². The van der Waals surface area contributed by atoms with E-state index >= 15 is 0 Å². The van der Waals surface area contributed by atoms with E-state index in [1.165, 1.54) is 0 Å². The van der Waals surface area contributed by atoms with Crippen molar-refractivity contribution in [3.63, 3.8) is 0 Å². The highest BCUT2D eigenvalue weighted by molar-refractivity contribution is 6.34. The fourth-order valence-electron chi connectivity index (χ4n) is 2.52. The van der Waals surface area contributed by atoms with E-state index in [0.29, 0.717) is 6.20 Å². The summed E-state index contributed by atoms with van der Waals surface area (Å²) < 4.78 is 73.5. The molecular formula is C20H13ClF5N7O2. The number of nitrogens with one attached hydrogen (secondary N) is 3. The zero-order valence-electron chi connectivity index (χ0n) is 17.1. The second kappa shape index (κ2) is 10.3. The summed E-state index contributed by atoms with van der Waals surface area (Å²) in [6.45, 7) is 0. The molecule has 1 amide bonds. The monoisotopic (exact) mass is 513 g/mol. The van der Waals surface area contributed by atoms with Gasteiger partial charge >= 0.3 is 6.18 Å². The Balaban J connectivity index is 1.85. The molecule has 0 saturated heterocycles. The summed E-state index contributed by atoms with van der Waals surface area (Å²) in [7, 11) is 0. The number of amides is 1. The maximum absolute atomic E-state index is 14.5. The molecule has 182 valence electrons. The lowest BCUT2D eigenvalue weighted by Crippen LogP contribution is -2.27. The molecular weight excluding hydrogens is 501 g/mol. The molecule has 9 nitrogen and oxygen atoms in total. The Labute approximate surface area is 198 Å². The third-order valence-electron chi connectivity index (χ3n) is 4.10. The molecule has 15 heteroatoms. The number of anilines is 3. The predicted octanol–water partition coefficient (Wildman–Crippen LogP) is 4.69. The third kappa shape index (κ3) is 6.17. The standard InChI is InChI=1S/C20H13ClF5N7O2/c21-15-17(28)30-8-31-19(15)35-13-3-2-10(5-12(13)23)32-18(34)11(6-27)16(20(24,25)26)33-14-4-1-9(22)7-29-14/h1-8,27H,(H,29,33)(H,32,34)(H2,28,30,31)/b16-11+,27-6?. The number of nitrogen functional groups attached to an aromatic ring is 1. The minimum Gasteiger partial charge on any atom is -0.434 e. The fourth-order valence-corrected chi connectivity index (χ4v) is 2.66. The molecule has 3 aromatic rings. The van der Waals surface area contributed by atoms with Gasteiger partial charge in [0, 0.05) is 18.0 Å². The number of nitrogens with two attached hydrogens (primary N) is 1. The number of rotatable bonds is 7. The number of allylic oxidation sites excluding steroid dienone is 1. The number of halogens is 6. The lowest BCUT2D eigenvalue weighted by atomic mass is 10.1. The van der Waals surface area contributed by atoms with Gasteiger partial charge in [0.25, 0.3) is 5.91 Å². The van der Waals surface area contributed by atoms with Crippen LogP contribution in [0.15, 0.2) is 54.1 Å². The van der Waals surface area contributed by atoms with Gasteiger partial charge in [-0.2, -0.15) is 18.2 Å². The second-order valence-electron chi connectivity index (χ2n) is 6.50. The second-order valence-corrected chi connectivity index (χ2v) is 6.87. The van der Waals surface area contributed by atoms with E-state index in [9.17, 15) is 26.7 Å². The maximum atomic E-state index is 14.5. The summed E-state index contributed by atoms with van der Waals surface area (Å²) in [4.78, 5) is 23.3. The van der Waals surface area contributed by atoms with E-state index < -0.39 is 40.8 Å². The van der Waals surface area contributed by atoms with Gasteiger partial charge in [-0.1, -0.05) is 11.6 Å². The number of alkyl halides is 3. The summed E-state index contributed by atoms with van der Waals surface area (Å²) in [5, 5.41) is 11.1. The van der Waals surface area contributed by atoms with Crippen LogP contribution >= 0.6 is 11.6 Å². The Morgan fingerprint density at radius 1 is 1.11 bits per heavy atom. The Kier molecular flexibility index (Phi) is 7.44. The third-order valence-corrected chi connectivity index (χ3v) is 4.46. The maximum Gasteiger partial charge on any atom is 0.432 e. The average Bonchev–Trinajstić information content (AvgIpc) is 2.79. The van der Waals surface area contributed by atoms with Crippen LogP contribution in [0.25, 0.3) is 0 Å². The van der Waals surface area contributed by atoms with Crippen molar-refractivity contribution in [2.45, 2.75) is 6.18 Å². The number of carbonyl (C=O) groups excluding carboxylic acids is 1. The molecule has 2 heterocycles. The lowest BCUT2D eigenvalue weighted by molar-refractivity contribution is -0.114. The van der Waals surface area contributed by atoms with Crippen LogP contribution in [-0.2, 0) is 4.79 Å². The summed E-state index contributed by atoms with van der Waals surface area (Å²) in [6, 6.07) is 4.70. The highest BCUT2D eigenvalue weighted by Gasteiger charge is 2.38. The first-order valence-corrected chi connectivity index (χ1v) is 9.62. The Morgan fingerprint density at radius 3 is 2.46 bits per heavy atom. The molecule has 5 N–H and O–H groups in total. The Hall–Kier alpha value is -4.33. The highest BCUT2D eigenvalue weighted by atomic mass is 35.5. The average molecular weight is 514 g/mol. The zero-order valence-corrected chi connectivity index (χ0v) is 17.9. The van der Waals surface area contributed by atoms with Gasteiger partial charge in [0.05, 0.1) is 11.8 Å². The number of ether oxygens (including phenoxy) is 1. The first-order valence-electron chi connectivity index (χ1n) is 9.25. The van der Waals surface area contributed by atoms with Crippen LogP contribution in [0.3, 0.4) is 0 Å². The molecule has 0 atom stereocenters. The van der Waals surface area contributed by atoms with Crippen molar-refractivity contribution in [1.29, 1.82) is 5.41 Å². The van der Waals surface area contributed by atoms with Crippen LogP contribution < -0.4 is 21.1 Å². The number of hydrogen-bond donors (Lipinski definition) is 4. The number of carbonyl (C=O) groups is 1. The number of hydrogen-bond acceptors (Lipinski definition) is 8. The van der Waals surface area contributed by atoms with Gasteiger partial charge in [-0.05, 0) is 24.3 Å². The van der Waals surface area contributed by atoms with Crippen molar-refractivity contribution in [3.8, 4) is 11.6 Å². The topological polar surface area (TPSA) is 139 Å². The van der Waals surface area contributed by atoms with Crippen molar-refractivity contribution in [2.24, 2.45) is 0 Å². The number of nitrogens with zero attached hydrogens (tertiary/aromatic N) is 3. The predicted molar refractivity (Wildman–Crippen MR) is 116 cm³/mol. The first kappa shape index (κ1) is 25.3. The first-order chi connectivity index (χ1) is 16.5. The van der Waals surface area contributed by atoms with Gasteiger partial charge in [-0.3, -0.25) is 4.79 Å². The van der Waals surface area contributed by atoms with E-state index in [-0.39, 0.29) is 34.4 Å². The highest BCUT2D eigenvalue weighted by Crippen LogP contribution is 2.33. The van der Waals surface area contributed by atoms with Crippen molar-refractivity contribution in [1.82, 2.24) is 15.0 Å². The molecule has 35 heavy (non-hydrogen) atoms. The molecule has 0 radical (unpaired) electrons. The Morgan fingerprint density at radius 2 is 1.86 bits per heavy atom. The van der Waals surface area contributed by atoms with Crippen LogP contribution in [0.4, 0.5) is 39.3 Å². The van der Waals surface area contributed by atoms with Crippen molar-refractivity contribution < 1.29 is 31.5 Å². The smallest absolute Gasteiger partial charge is 0.432 e. The molecule has 0 aliphatic carbocycles. The van der Waals surface area contributed by atoms with Crippen LogP contribution in [0.5, 0.6) is 11.6 Å². The molecule has 1 aromatic carbocycles. The van der Waals surface area contributed by atoms with Gasteiger partial charge in [-0.15, -0.1) is 0 Å². The number of aromatic nitrogens is 3. The quantitative estimate of drug-likeness (QED) is 0.204. The van der Waals surface area contributed by atoms with E-state index in [1.54, 1.807) is 0 Å². The minimum atomic E-state index is -5.12. The molecule has 0 saturated carbocycles. The summed E-state index contributed by atoms with van der Waals surface area (Å²) in [5.74, 6) is -4.38. The Bertz CT molecular complexity index is 1300. The van der Waals surface area contributed by atoms with E-state index in [1.807, 2.05) is 5.32 Å². The fraction of sp³-hybridized carbons (Fsp3) is 0.0500. The zero-order chi connectivity index (χ0) is 25.8. The molecule has 0 fully saturated rings. The number of benzene rings is 1. The van der Waals surface area contributed by atoms with Gasteiger partial charge in [0.2, 0.25) is 5.88 Å². The lowest BCUT2D eigenvalue weighted by Gasteiger charge is -2.17. The van der Waals surface area contributed by atoms with Gasteiger partial charge < -0.3 is 26.5 Å². The molecule has 3 rings (SSSR count). The van der Waals surface area contributed by atoms with Crippen molar-refractivity contribution in [2.75, 3.05) is 16.4 Å². The minimum absolute atomic E-state index is 0.114.